The summed E-state index contributed by atoms with van der Waals surface area (Å²) in [4.78, 5) is 31.7. The summed E-state index contributed by atoms with van der Waals surface area (Å²) in [5.41, 5.74) is 2.47. The van der Waals surface area contributed by atoms with Gasteiger partial charge in [-0.05, 0) is 42.3 Å². The number of hydrogen-bond acceptors (Lipinski definition) is 3. The Labute approximate surface area is 135 Å². The van der Waals surface area contributed by atoms with E-state index in [1.807, 2.05) is 24.3 Å². The smallest absolute Gasteiger partial charge is 0.253 e. The van der Waals surface area contributed by atoms with Gasteiger partial charge in [-0.15, -0.1) is 0 Å². The lowest BCUT2D eigenvalue weighted by molar-refractivity contribution is -0.117. The van der Waals surface area contributed by atoms with Gasteiger partial charge in [0, 0.05) is 50.2 Å². The lowest BCUT2D eigenvalue weighted by Gasteiger charge is -2.19. The van der Waals surface area contributed by atoms with Gasteiger partial charge < -0.3 is 9.80 Å². The van der Waals surface area contributed by atoms with Crippen LogP contribution in [0, 0.1) is 0 Å². The molecular formula is C18H19N3O2. The molecule has 1 aromatic carbocycles. The van der Waals surface area contributed by atoms with Crippen molar-refractivity contribution in [3.05, 3.63) is 59.9 Å². The van der Waals surface area contributed by atoms with Crippen LogP contribution in [0.15, 0.2) is 48.8 Å². The number of aromatic nitrogens is 1. The quantitative estimate of drug-likeness (QED) is 0.872. The van der Waals surface area contributed by atoms with Crippen molar-refractivity contribution >= 4 is 17.5 Å². The fourth-order valence-corrected chi connectivity index (χ4v) is 2.76. The largest absolute Gasteiger partial charge is 0.337 e. The molecule has 0 spiro atoms. The zero-order chi connectivity index (χ0) is 16.2. The number of rotatable bonds is 4. The van der Waals surface area contributed by atoms with Crippen LogP contribution >= 0.6 is 0 Å². The van der Waals surface area contributed by atoms with E-state index in [-0.39, 0.29) is 11.8 Å². The third-order valence-corrected chi connectivity index (χ3v) is 3.99. The highest BCUT2D eigenvalue weighted by molar-refractivity contribution is 5.97. The van der Waals surface area contributed by atoms with Crippen LogP contribution < -0.4 is 4.90 Å². The molecule has 0 aliphatic carbocycles. The molecule has 1 aromatic heterocycles. The predicted molar refractivity (Wildman–Crippen MR) is 88.1 cm³/mol. The van der Waals surface area contributed by atoms with Gasteiger partial charge in [0.25, 0.3) is 5.91 Å². The second-order valence-corrected chi connectivity index (χ2v) is 5.72. The van der Waals surface area contributed by atoms with Crippen LogP contribution in [-0.2, 0) is 11.3 Å². The molecule has 2 aromatic rings. The number of carbonyl (C=O) groups excluding carboxylic acids is 2. The molecule has 1 saturated heterocycles. The molecule has 0 bridgehead atoms. The van der Waals surface area contributed by atoms with E-state index in [0.29, 0.717) is 18.5 Å². The summed E-state index contributed by atoms with van der Waals surface area (Å²) in [6, 6.07) is 11.0. The minimum atomic E-state index is -0.0480. The summed E-state index contributed by atoms with van der Waals surface area (Å²) in [5, 5.41) is 0. The van der Waals surface area contributed by atoms with E-state index in [0.717, 1.165) is 24.2 Å². The zero-order valence-electron chi connectivity index (χ0n) is 13.1. The maximum atomic E-state index is 12.5. The Kier molecular flexibility index (Phi) is 4.37. The number of anilines is 1. The van der Waals surface area contributed by atoms with Gasteiger partial charge in [0.15, 0.2) is 0 Å². The average Bonchev–Trinajstić information content (AvgIpc) is 3.01. The van der Waals surface area contributed by atoms with Gasteiger partial charge in [0.2, 0.25) is 5.91 Å². The number of hydrogen-bond donors (Lipinski definition) is 0. The molecule has 3 rings (SSSR count). The SMILES string of the molecule is CN(Cc1cccnc1)C(=O)c1ccc(N2CCCC2=O)cc1. The lowest BCUT2D eigenvalue weighted by Crippen LogP contribution is -2.26. The predicted octanol–water partition coefficient (Wildman–Crippen LogP) is 2.48. The lowest BCUT2D eigenvalue weighted by atomic mass is 10.1. The summed E-state index contributed by atoms with van der Waals surface area (Å²) in [6.45, 7) is 1.27. The molecule has 5 heteroatoms. The first-order valence-corrected chi connectivity index (χ1v) is 7.70. The molecule has 5 nitrogen and oxygen atoms in total. The molecular weight excluding hydrogens is 290 g/mol. The maximum Gasteiger partial charge on any atom is 0.253 e. The second-order valence-electron chi connectivity index (χ2n) is 5.72. The van der Waals surface area contributed by atoms with Gasteiger partial charge in [0.1, 0.15) is 0 Å². The van der Waals surface area contributed by atoms with Gasteiger partial charge >= 0.3 is 0 Å². The summed E-state index contributed by atoms with van der Waals surface area (Å²) < 4.78 is 0. The number of amides is 2. The second kappa shape index (κ2) is 6.60. The summed E-state index contributed by atoms with van der Waals surface area (Å²) in [5.74, 6) is 0.103. The Morgan fingerprint density at radius 3 is 2.65 bits per heavy atom. The van der Waals surface area contributed by atoms with Gasteiger partial charge in [0.05, 0.1) is 0 Å². The fraction of sp³-hybridized carbons (Fsp3) is 0.278. The average molecular weight is 309 g/mol. The Morgan fingerprint density at radius 2 is 2.04 bits per heavy atom. The summed E-state index contributed by atoms with van der Waals surface area (Å²) in [6.07, 6.45) is 4.97. The molecule has 0 unspecified atom stereocenters. The van der Waals surface area contributed by atoms with Crippen LogP contribution in [0.5, 0.6) is 0 Å². The number of nitrogens with zero attached hydrogens (tertiary/aromatic N) is 3. The van der Waals surface area contributed by atoms with E-state index >= 15 is 0 Å². The first-order valence-electron chi connectivity index (χ1n) is 7.70. The molecule has 0 saturated carbocycles. The van der Waals surface area contributed by atoms with Gasteiger partial charge in [-0.2, -0.15) is 0 Å². The monoisotopic (exact) mass is 309 g/mol. The van der Waals surface area contributed by atoms with Crippen LogP contribution in [0.4, 0.5) is 5.69 Å². The highest BCUT2D eigenvalue weighted by atomic mass is 16.2. The van der Waals surface area contributed by atoms with E-state index in [4.69, 9.17) is 0 Å². The van der Waals surface area contributed by atoms with Crippen LogP contribution in [-0.4, -0.2) is 35.3 Å². The van der Waals surface area contributed by atoms with Crippen LogP contribution in [0.3, 0.4) is 0 Å². The van der Waals surface area contributed by atoms with E-state index in [1.54, 1.807) is 41.4 Å². The fourth-order valence-electron chi connectivity index (χ4n) is 2.76. The molecule has 1 fully saturated rings. The van der Waals surface area contributed by atoms with Crippen LogP contribution in [0.2, 0.25) is 0 Å². The Bertz CT molecular complexity index is 698. The summed E-state index contributed by atoms with van der Waals surface area (Å²) >= 11 is 0. The molecule has 23 heavy (non-hydrogen) atoms. The first-order chi connectivity index (χ1) is 11.1. The zero-order valence-corrected chi connectivity index (χ0v) is 13.1. The maximum absolute atomic E-state index is 12.5. The molecule has 0 radical (unpaired) electrons. The number of pyridine rings is 1. The number of benzene rings is 1. The van der Waals surface area contributed by atoms with Crippen LogP contribution in [0.25, 0.3) is 0 Å². The van der Waals surface area contributed by atoms with E-state index in [9.17, 15) is 9.59 Å². The van der Waals surface area contributed by atoms with Gasteiger partial charge in [-0.25, -0.2) is 0 Å². The van der Waals surface area contributed by atoms with Crippen molar-refractivity contribution in [2.45, 2.75) is 19.4 Å². The molecule has 0 N–H and O–H groups in total. The molecule has 0 atom stereocenters. The Hall–Kier alpha value is -2.69. The molecule has 1 aliphatic heterocycles. The third kappa shape index (κ3) is 3.39. The number of carbonyl (C=O) groups is 2. The topological polar surface area (TPSA) is 53.5 Å². The van der Waals surface area contributed by atoms with Gasteiger partial charge in [-0.1, -0.05) is 6.07 Å². The normalized spacial score (nSPS) is 14.1. The molecule has 2 heterocycles. The van der Waals surface area contributed by atoms with Crippen molar-refractivity contribution in [1.29, 1.82) is 0 Å². The van der Waals surface area contributed by atoms with Gasteiger partial charge in [-0.3, -0.25) is 14.6 Å². The first kappa shape index (κ1) is 15.2. The molecule has 2 amide bonds. The van der Waals surface area contributed by atoms with E-state index in [1.165, 1.54) is 0 Å². The van der Waals surface area contributed by atoms with Crippen molar-refractivity contribution in [3.8, 4) is 0 Å². The third-order valence-electron chi connectivity index (χ3n) is 3.99. The standard InChI is InChI=1S/C18H19N3O2/c1-20(13-14-4-2-10-19-12-14)18(23)15-6-8-16(9-7-15)21-11-3-5-17(21)22/h2,4,6-10,12H,3,5,11,13H2,1H3. The Morgan fingerprint density at radius 1 is 1.26 bits per heavy atom. The minimum Gasteiger partial charge on any atom is -0.337 e. The van der Waals surface area contributed by atoms with Crippen LogP contribution in [0.1, 0.15) is 28.8 Å². The highest BCUT2D eigenvalue weighted by Crippen LogP contribution is 2.22. The van der Waals surface area contributed by atoms with Crippen molar-refractivity contribution in [3.63, 3.8) is 0 Å². The Balaban J connectivity index is 1.68. The van der Waals surface area contributed by atoms with Crippen molar-refractivity contribution in [1.82, 2.24) is 9.88 Å². The van der Waals surface area contributed by atoms with E-state index in [2.05, 4.69) is 4.98 Å². The molecule has 118 valence electrons. The van der Waals surface area contributed by atoms with Crippen molar-refractivity contribution in [2.24, 2.45) is 0 Å². The van der Waals surface area contributed by atoms with E-state index < -0.39 is 0 Å². The van der Waals surface area contributed by atoms with Crippen molar-refractivity contribution < 1.29 is 9.59 Å². The minimum absolute atomic E-state index is 0.0480. The van der Waals surface area contributed by atoms with Crippen molar-refractivity contribution in [2.75, 3.05) is 18.5 Å². The molecule has 1 aliphatic rings. The summed E-state index contributed by atoms with van der Waals surface area (Å²) in [7, 11) is 1.77. The highest BCUT2D eigenvalue weighted by Gasteiger charge is 2.22.